The molecule has 1 aromatic carbocycles. The van der Waals surface area contributed by atoms with Crippen LogP contribution in [0.4, 0.5) is 4.39 Å². The molecule has 3 nitrogen and oxygen atoms in total. The second kappa shape index (κ2) is 7.72. The highest BCUT2D eigenvalue weighted by molar-refractivity contribution is 8.00. The molecule has 0 bridgehead atoms. The summed E-state index contributed by atoms with van der Waals surface area (Å²) < 4.78 is 18.5. The van der Waals surface area contributed by atoms with Crippen molar-refractivity contribution in [1.29, 1.82) is 0 Å². The van der Waals surface area contributed by atoms with Gasteiger partial charge in [-0.1, -0.05) is 12.1 Å². The molecule has 2 atom stereocenters. The number of benzene rings is 1. The van der Waals surface area contributed by atoms with Crippen molar-refractivity contribution in [3.8, 4) is 5.75 Å². The Kier molecular flexibility index (Phi) is 5.94. The fourth-order valence-corrected chi connectivity index (χ4v) is 3.26. The van der Waals surface area contributed by atoms with Crippen LogP contribution >= 0.6 is 11.8 Å². The first-order chi connectivity index (χ1) is 9.25. The van der Waals surface area contributed by atoms with Gasteiger partial charge in [-0.2, -0.15) is 11.8 Å². The zero-order valence-corrected chi connectivity index (χ0v) is 11.7. The lowest BCUT2D eigenvalue weighted by Crippen LogP contribution is -2.34. The molecular formula is C14H20FNO2S. The Morgan fingerprint density at radius 1 is 1.47 bits per heavy atom. The van der Waals surface area contributed by atoms with Gasteiger partial charge in [-0.3, -0.25) is 0 Å². The van der Waals surface area contributed by atoms with Gasteiger partial charge in [0.2, 0.25) is 0 Å². The van der Waals surface area contributed by atoms with Gasteiger partial charge in [-0.25, -0.2) is 4.39 Å². The van der Waals surface area contributed by atoms with Crippen molar-refractivity contribution in [3.05, 3.63) is 30.1 Å². The van der Waals surface area contributed by atoms with E-state index in [1.807, 2.05) is 11.8 Å². The zero-order chi connectivity index (χ0) is 13.5. The van der Waals surface area contributed by atoms with Crippen molar-refractivity contribution in [2.24, 2.45) is 0 Å². The number of aliphatic hydroxyl groups excluding tert-OH is 1. The lowest BCUT2D eigenvalue weighted by Gasteiger charge is -2.15. The van der Waals surface area contributed by atoms with Gasteiger partial charge >= 0.3 is 0 Å². The van der Waals surface area contributed by atoms with E-state index >= 15 is 0 Å². The van der Waals surface area contributed by atoms with Crippen molar-refractivity contribution in [3.63, 3.8) is 0 Å². The van der Waals surface area contributed by atoms with Crippen LogP contribution < -0.4 is 10.1 Å². The van der Waals surface area contributed by atoms with E-state index in [2.05, 4.69) is 5.32 Å². The van der Waals surface area contributed by atoms with Crippen LogP contribution in [0.2, 0.25) is 0 Å². The third kappa shape index (κ3) is 5.01. The Bertz CT molecular complexity index is 385. The molecule has 0 aliphatic carbocycles. The molecule has 2 N–H and O–H groups in total. The Labute approximate surface area is 117 Å². The second-order valence-electron chi connectivity index (χ2n) is 4.69. The molecule has 5 heteroatoms. The Morgan fingerprint density at radius 3 is 3.05 bits per heavy atom. The first kappa shape index (κ1) is 14.6. The van der Waals surface area contributed by atoms with Gasteiger partial charge < -0.3 is 15.2 Å². The molecule has 1 aliphatic heterocycles. The number of para-hydroxylation sites is 1. The van der Waals surface area contributed by atoms with E-state index < -0.39 is 11.9 Å². The molecule has 0 saturated carbocycles. The zero-order valence-electron chi connectivity index (χ0n) is 10.8. The van der Waals surface area contributed by atoms with Crippen LogP contribution in [0.25, 0.3) is 0 Å². The Balaban J connectivity index is 1.61. The van der Waals surface area contributed by atoms with E-state index in [9.17, 15) is 9.50 Å². The summed E-state index contributed by atoms with van der Waals surface area (Å²) in [6.07, 6.45) is 1.92. The highest BCUT2D eigenvalue weighted by atomic mass is 32.2. The van der Waals surface area contributed by atoms with E-state index in [-0.39, 0.29) is 12.4 Å². The van der Waals surface area contributed by atoms with E-state index in [1.54, 1.807) is 18.2 Å². The molecule has 106 valence electrons. The largest absolute Gasteiger partial charge is 0.488 e. The van der Waals surface area contributed by atoms with E-state index in [0.717, 1.165) is 6.54 Å². The monoisotopic (exact) mass is 285 g/mol. The standard InChI is InChI=1S/C14H20FNO2S/c15-13-5-1-2-6-14(13)18-10-11(17)8-16-9-12-4-3-7-19-12/h1-2,5-6,11-12,16-17H,3-4,7-10H2. The molecule has 2 unspecified atom stereocenters. The van der Waals surface area contributed by atoms with Crippen LogP contribution in [0.15, 0.2) is 24.3 Å². The lowest BCUT2D eigenvalue weighted by atomic mass is 10.2. The molecule has 0 radical (unpaired) electrons. The second-order valence-corrected chi connectivity index (χ2v) is 6.10. The quantitative estimate of drug-likeness (QED) is 0.804. The summed E-state index contributed by atoms with van der Waals surface area (Å²) in [5.41, 5.74) is 0. The van der Waals surface area contributed by atoms with Crippen molar-refractivity contribution in [2.75, 3.05) is 25.4 Å². The van der Waals surface area contributed by atoms with Gasteiger partial charge in [0.1, 0.15) is 12.7 Å². The number of aliphatic hydroxyl groups is 1. The predicted molar refractivity (Wildman–Crippen MR) is 76.3 cm³/mol. The smallest absolute Gasteiger partial charge is 0.165 e. The maximum absolute atomic E-state index is 13.3. The van der Waals surface area contributed by atoms with E-state index in [1.165, 1.54) is 24.7 Å². The maximum Gasteiger partial charge on any atom is 0.165 e. The average Bonchev–Trinajstić information content (AvgIpc) is 2.91. The molecule has 1 aliphatic rings. The van der Waals surface area contributed by atoms with Crippen molar-refractivity contribution >= 4 is 11.8 Å². The Hall–Kier alpha value is -0.780. The first-order valence-electron chi connectivity index (χ1n) is 6.63. The van der Waals surface area contributed by atoms with Crippen LogP contribution in [-0.4, -0.2) is 41.9 Å². The normalized spacial score (nSPS) is 20.4. The SMILES string of the molecule is OC(CNCC1CCCS1)COc1ccccc1F. The summed E-state index contributed by atoms with van der Waals surface area (Å²) in [6, 6.07) is 6.22. The molecule has 2 rings (SSSR count). The molecule has 1 heterocycles. The van der Waals surface area contributed by atoms with Gasteiger partial charge in [0.15, 0.2) is 11.6 Å². The van der Waals surface area contributed by atoms with Crippen LogP contribution in [0, 0.1) is 5.82 Å². The lowest BCUT2D eigenvalue weighted by molar-refractivity contribution is 0.104. The van der Waals surface area contributed by atoms with Gasteiger partial charge in [0.05, 0.1) is 0 Å². The number of thioether (sulfide) groups is 1. The Morgan fingerprint density at radius 2 is 2.32 bits per heavy atom. The summed E-state index contributed by atoms with van der Waals surface area (Å²) >= 11 is 1.98. The minimum Gasteiger partial charge on any atom is -0.488 e. The van der Waals surface area contributed by atoms with Crippen LogP contribution in [0.1, 0.15) is 12.8 Å². The topological polar surface area (TPSA) is 41.5 Å². The predicted octanol–water partition coefficient (Wildman–Crippen LogP) is 2.05. The number of halogens is 1. The van der Waals surface area contributed by atoms with Crippen molar-refractivity contribution in [1.82, 2.24) is 5.32 Å². The minimum absolute atomic E-state index is 0.103. The third-order valence-electron chi connectivity index (χ3n) is 3.04. The van der Waals surface area contributed by atoms with Crippen molar-refractivity contribution < 1.29 is 14.2 Å². The van der Waals surface area contributed by atoms with Crippen molar-refractivity contribution in [2.45, 2.75) is 24.2 Å². The molecular weight excluding hydrogens is 265 g/mol. The minimum atomic E-state index is -0.619. The van der Waals surface area contributed by atoms with E-state index in [4.69, 9.17) is 4.74 Å². The third-order valence-corrected chi connectivity index (χ3v) is 4.44. The first-order valence-corrected chi connectivity index (χ1v) is 7.68. The number of rotatable bonds is 7. The molecule has 0 spiro atoms. The fourth-order valence-electron chi connectivity index (χ4n) is 2.02. The summed E-state index contributed by atoms with van der Waals surface area (Å²) in [5, 5.41) is 13.7. The molecule has 1 aromatic rings. The molecule has 19 heavy (non-hydrogen) atoms. The number of ether oxygens (including phenoxy) is 1. The number of hydrogen-bond donors (Lipinski definition) is 2. The van der Waals surface area contributed by atoms with Crippen LogP contribution in [-0.2, 0) is 0 Å². The summed E-state index contributed by atoms with van der Waals surface area (Å²) in [4.78, 5) is 0. The highest BCUT2D eigenvalue weighted by Crippen LogP contribution is 2.25. The molecule has 1 saturated heterocycles. The van der Waals surface area contributed by atoms with Crippen LogP contribution in [0.5, 0.6) is 5.75 Å². The molecule has 0 amide bonds. The average molecular weight is 285 g/mol. The summed E-state index contributed by atoms with van der Waals surface area (Å²) in [7, 11) is 0. The van der Waals surface area contributed by atoms with Gasteiger partial charge in [-0.05, 0) is 30.7 Å². The maximum atomic E-state index is 13.3. The van der Waals surface area contributed by atoms with Gasteiger partial charge in [0, 0.05) is 18.3 Å². The van der Waals surface area contributed by atoms with Gasteiger partial charge in [-0.15, -0.1) is 0 Å². The highest BCUT2D eigenvalue weighted by Gasteiger charge is 2.15. The summed E-state index contributed by atoms with van der Waals surface area (Å²) in [6.45, 7) is 1.50. The number of hydrogen-bond acceptors (Lipinski definition) is 4. The summed E-state index contributed by atoms with van der Waals surface area (Å²) in [5.74, 6) is 1.03. The molecule has 1 fully saturated rings. The van der Waals surface area contributed by atoms with E-state index in [0.29, 0.717) is 11.8 Å². The fraction of sp³-hybridized carbons (Fsp3) is 0.571. The van der Waals surface area contributed by atoms with Gasteiger partial charge in [0.25, 0.3) is 0 Å². The number of nitrogens with one attached hydrogen (secondary N) is 1. The van der Waals surface area contributed by atoms with Crippen LogP contribution in [0.3, 0.4) is 0 Å². The molecule has 0 aromatic heterocycles.